The summed E-state index contributed by atoms with van der Waals surface area (Å²) in [5, 5.41) is 13.3. The summed E-state index contributed by atoms with van der Waals surface area (Å²) in [5.74, 6) is 0.799. The lowest BCUT2D eigenvalue weighted by molar-refractivity contribution is 0.756. The van der Waals surface area contributed by atoms with Gasteiger partial charge in [-0.3, -0.25) is 0 Å². The third-order valence-electron chi connectivity index (χ3n) is 2.77. The molecule has 0 aliphatic heterocycles. The van der Waals surface area contributed by atoms with Gasteiger partial charge in [0, 0.05) is 15.2 Å². The first-order valence-electron chi connectivity index (χ1n) is 6.14. The van der Waals surface area contributed by atoms with Crippen molar-refractivity contribution in [3.8, 4) is 5.69 Å². The highest BCUT2D eigenvalue weighted by molar-refractivity contribution is 9.10. The minimum atomic E-state index is 0.690. The number of thioether (sulfide) groups is 1. The Balaban J connectivity index is 1.78. The lowest BCUT2D eigenvalue weighted by atomic mass is 10.2. The SMILES string of the molecule is Clc1ccc(-n2nnnc2SCc2cccc(Br)c2)cc1. The van der Waals surface area contributed by atoms with Crippen molar-refractivity contribution in [2.45, 2.75) is 10.9 Å². The highest BCUT2D eigenvalue weighted by Crippen LogP contribution is 2.24. The van der Waals surface area contributed by atoms with E-state index in [1.54, 1.807) is 16.4 Å². The molecule has 1 heterocycles. The zero-order valence-corrected chi connectivity index (χ0v) is 13.9. The number of nitrogens with zero attached hydrogens (tertiary/aromatic N) is 4. The van der Waals surface area contributed by atoms with E-state index < -0.39 is 0 Å². The Morgan fingerprint density at radius 1 is 1.14 bits per heavy atom. The van der Waals surface area contributed by atoms with Crippen LogP contribution >= 0.6 is 39.3 Å². The molecule has 3 aromatic rings. The van der Waals surface area contributed by atoms with Gasteiger partial charge in [0.2, 0.25) is 5.16 Å². The smallest absolute Gasteiger partial charge is 0.187 e. The first-order valence-corrected chi connectivity index (χ1v) is 8.29. The molecule has 4 nitrogen and oxygen atoms in total. The monoisotopic (exact) mass is 380 g/mol. The highest BCUT2D eigenvalue weighted by Gasteiger charge is 2.09. The van der Waals surface area contributed by atoms with Crippen LogP contribution in [0.3, 0.4) is 0 Å². The van der Waals surface area contributed by atoms with Crippen molar-refractivity contribution in [1.82, 2.24) is 20.2 Å². The Kier molecular flexibility index (Phi) is 4.57. The van der Waals surface area contributed by atoms with E-state index in [0.717, 1.165) is 21.1 Å². The van der Waals surface area contributed by atoms with Crippen LogP contribution in [0.4, 0.5) is 0 Å². The van der Waals surface area contributed by atoms with Crippen molar-refractivity contribution in [2.24, 2.45) is 0 Å². The maximum Gasteiger partial charge on any atom is 0.214 e. The van der Waals surface area contributed by atoms with Crippen LogP contribution in [0, 0.1) is 0 Å². The average molecular weight is 382 g/mol. The van der Waals surface area contributed by atoms with E-state index in [1.807, 2.05) is 36.4 Å². The van der Waals surface area contributed by atoms with E-state index in [2.05, 4.69) is 43.6 Å². The summed E-state index contributed by atoms with van der Waals surface area (Å²) in [6, 6.07) is 15.6. The van der Waals surface area contributed by atoms with Gasteiger partial charge in [-0.25, -0.2) is 0 Å². The average Bonchev–Trinajstić information content (AvgIpc) is 2.94. The Bertz CT molecular complexity index is 745. The molecule has 0 atom stereocenters. The lowest BCUT2D eigenvalue weighted by Gasteiger charge is -2.04. The molecule has 0 saturated carbocycles. The van der Waals surface area contributed by atoms with E-state index in [9.17, 15) is 0 Å². The minimum Gasteiger partial charge on any atom is -0.187 e. The fourth-order valence-corrected chi connectivity index (χ4v) is 3.19. The fourth-order valence-electron chi connectivity index (χ4n) is 1.79. The first kappa shape index (κ1) is 14.6. The molecular weight excluding hydrogens is 372 g/mol. The Morgan fingerprint density at radius 2 is 1.95 bits per heavy atom. The molecule has 0 aliphatic carbocycles. The Hall–Kier alpha value is -1.37. The van der Waals surface area contributed by atoms with E-state index in [4.69, 9.17) is 11.6 Å². The van der Waals surface area contributed by atoms with Crippen molar-refractivity contribution in [3.63, 3.8) is 0 Å². The number of halogens is 2. The molecular formula is C14H10BrClN4S. The molecule has 0 unspecified atom stereocenters. The van der Waals surface area contributed by atoms with Gasteiger partial charge in [0.05, 0.1) is 5.69 Å². The van der Waals surface area contributed by atoms with Crippen LogP contribution in [-0.2, 0) is 5.75 Å². The summed E-state index contributed by atoms with van der Waals surface area (Å²) in [6.07, 6.45) is 0. The maximum atomic E-state index is 5.90. The number of tetrazole rings is 1. The second-order valence-corrected chi connectivity index (χ2v) is 6.56. The largest absolute Gasteiger partial charge is 0.214 e. The Labute approximate surface area is 139 Å². The van der Waals surface area contributed by atoms with Crippen LogP contribution in [-0.4, -0.2) is 20.2 Å². The molecule has 0 bridgehead atoms. The van der Waals surface area contributed by atoms with Crippen molar-refractivity contribution >= 4 is 39.3 Å². The first-order chi connectivity index (χ1) is 10.2. The summed E-state index contributed by atoms with van der Waals surface area (Å²) >= 11 is 11.0. The highest BCUT2D eigenvalue weighted by atomic mass is 79.9. The summed E-state index contributed by atoms with van der Waals surface area (Å²) < 4.78 is 2.77. The number of rotatable bonds is 4. The van der Waals surface area contributed by atoms with Crippen molar-refractivity contribution in [1.29, 1.82) is 0 Å². The zero-order valence-electron chi connectivity index (χ0n) is 10.8. The van der Waals surface area contributed by atoms with Crippen LogP contribution < -0.4 is 0 Å². The van der Waals surface area contributed by atoms with Crippen LogP contribution in [0.2, 0.25) is 5.02 Å². The fraction of sp³-hybridized carbons (Fsp3) is 0.0714. The number of hydrogen-bond acceptors (Lipinski definition) is 4. The van der Waals surface area contributed by atoms with Gasteiger partial charge >= 0.3 is 0 Å². The summed E-state index contributed by atoms with van der Waals surface area (Å²) in [6.45, 7) is 0. The molecule has 7 heteroatoms. The van der Waals surface area contributed by atoms with Crippen molar-refractivity contribution in [2.75, 3.05) is 0 Å². The van der Waals surface area contributed by atoms with E-state index in [0.29, 0.717) is 5.02 Å². The maximum absolute atomic E-state index is 5.90. The van der Waals surface area contributed by atoms with Crippen LogP contribution in [0.25, 0.3) is 5.69 Å². The van der Waals surface area contributed by atoms with Crippen molar-refractivity contribution in [3.05, 3.63) is 63.6 Å². The van der Waals surface area contributed by atoms with Crippen LogP contribution in [0.15, 0.2) is 58.2 Å². The lowest BCUT2D eigenvalue weighted by Crippen LogP contribution is -1.98. The topological polar surface area (TPSA) is 43.6 Å². The summed E-state index contributed by atoms with van der Waals surface area (Å²) in [5.41, 5.74) is 2.10. The van der Waals surface area contributed by atoms with Crippen molar-refractivity contribution < 1.29 is 0 Å². The molecule has 3 rings (SSSR count). The standard InChI is InChI=1S/C14H10BrClN4S/c15-11-3-1-2-10(8-11)9-21-14-17-18-19-20(14)13-6-4-12(16)5-7-13/h1-8H,9H2. The summed E-state index contributed by atoms with van der Waals surface area (Å²) in [4.78, 5) is 0. The number of aromatic nitrogens is 4. The normalized spacial score (nSPS) is 10.8. The number of benzene rings is 2. The molecule has 21 heavy (non-hydrogen) atoms. The van der Waals surface area contributed by atoms with Gasteiger partial charge in [-0.05, 0) is 52.4 Å². The second-order valence-electron chi connectivity index (χ2n) is 4.27. The molecule has 106 valence electrons. The predicted molar refractivity (Wildman–Crippen MR) is 87.9 cm³/mol. The van der Waals surface area contributed by atoms with E-state index in [-0.39, 0.29) is 0 Å². The van der Waals surface area contributed by atoms with Gasteiger partial charge < -0.3 is 0 Å². The van der Waals surface area contributed by atoms with Gasteiger partial charge in [-0.15, -0.1) is 5.10 Å². The number of hydrogen-bond donors (Lipinski definition) is 0. The molecule has 2 aromatic carbocycles. The van der Waals surface area contributed by atoms with Gasteiger partial charge in [0.15, 0.2) is 0 Å². The molecule has 0 N–H and O–H groups in total. The summed E-state index contributed by atoms with van der Waals surface area (Å²) in [7, 11) is 0. The van der Waals surface area contributed by atoms with Gasteiger partial charge in [0.1, 0.15) is 0 Å². The third-order valence-corrected chi connectivity index (χ3v) is 4.50. The molecule has 1 aromatic heterocycles. The second kappa shape index (κ2) is 6.60. The van der Waals surface area contributed by atoms with Crippen LogP contribution in [0.5, 0.6) is 0 Å². The molecule has 0 saturated heterocycles. The van der Waals surface area contributed by atoms with E-state index in [1.165, 1.54) is 5.56 Å². The molecule has 0 fully saturated rings. The minimum absolute atomic E-state index is 0.690. The molecule has 0 amide bonds. The Morgan fingerprint density at radius 3 is 2.71 bits per heavy atom. The third kappa shape index (κ3) is 3.64. The molecule has 0 aliphatic rings. The van der Waals surface area contributed by atoms with Gasteiger partial charge in [-0.2, -0.15) is 4.68 Å². The predicted octanol–water partition coefficient (Wildman–Crippen LogP) is 4.37. The zero-order chi connectivity index (χ0) is 14.7. The quantitative estimate of drug-likeness (QED) is 0.629. The van der Waals surface area contributed by atoms with Gasteiger partial charge in [0.25, 0.3) is 0 Å². The van der Waals surface area contributed by atoms with Crippen LogP contribution in [0.1, 0.15) is 5.56 Å². The molecule has 0 spiro atoms. The molecule has 0 radical (unpaired) electrons. The van der Waals surface area contributed by atoms with E-state index >= 15 is 0 Å². The van der Waals surface area contributed by atoms with Gasteiger partial charge in [-0.1, -0.05) is 51.4 Å².